The van der Waals surface area contributed by atoms with Gasteiger partial charge in [-0.1, -0.05) is 18.2 Å². The summed E-state index contributed by atoms with van der Waals surface area (Å²) in [5.41, 5.74) is 2.65. The minimum atomic E-state index is -3.53. The Bertz CT molecular complexity index is 954. The van der Waals surface area contributed by atoms with E-state index in [1.165, 1.54) is 4.31 Å². The Balaban J connectivity index is 1.59. The molecule has 0 radical (unpaired) electrons. The van der Waals surface area contributed by atoms with Gasteiger partial charge in [-0.25, -0.2) is 8.42 Å². The van der Waals surface area contributed by atoms with Crippen LogP contribution in [0.25, 0.3) is 0 Å². The highest BCUT2D eigenvalue weighted by Gasteiger charge is 2.34. The molecule has 0 aliphatic carbocycles. The Morgan fingerprint density at radius 1 is 1.21 bits per heavy atom. The van der Waals surface area contributed by atoms with Crippen LogP contribution in [0.5, 0.6) is 11.5 Å². The zero-order chi connectivity index (χ0) is 20.3. The Hall–Kier alpha value is -2.74. The van der Waals surface area contributed by atoms with Crippen molar-refractivity contribution in [3.63, 3.8) is 0 Å². The van der Waals surface area contributed by atoms with Crippen LogP contribution in [0, 0.1) is 13.8 Å². The van der Waals surface area contributed by atoms with Crippen molar-refractivity contribution in [1.29, 1.82) is 0 Å². The number of anilines is 1. The van der Waals surface area contributed by atoms with Crippen LogP contribution in [-0.4, -0.2) is 46.4 Å². The number of hydrogen-bond acceptors (Lipinski definition) is 5. The van der Waals surface area contributed by atoms with Gasteiger partial charge in [0.25, 0.3) is 5.91 Å². The summed E-state index contributed by atoms with van der Waals surface area (Å²) < 4.78 is 36.8. The fourth-order valence-electron chi connectivity index (χ4n) is 3.13. The number of carbonyl (C=O) groups excluding carboxylic acids is 1. The number of benzene rings is 2. The normalized spacial score (nSPS) is 16.1. The van der Waals surface area contributed by atoms with E-state index < -0.39 is 16.1 Å². The SMILES string of the molecule is Cc1cc(C)cc(OCCNC(=O)C2CN(S(C)(=O)=O)c3ccccc3O2)c1. The van der Waals surface area contributed by atoms with Gasteiger partial charge < -0.3 is 14.8 Å². The number of rotatable bonds is 6. The third-order valence-electron chi connectivity index (χ3n) is 4.29. The molecule has 1 unspecified atom stereocenters. The summed E-state index contributed by atoms with van der Waals surface area (Å²) in [6.07, 6.45) is 0.188. The Morgan fingerprint density at radius 2 is 1.89 bits per heavy atom. The molecule has 0 fully saturated rings. The van der Waals surface area contributed by atoms with Gasteiger partial charge in [-0.15, -0.1) is 0 Å². The summed E-state index contributed by atoms with van der Waals surface area (Å²) in [5, 5.41) is 2.74. The molecule has 0 saturated carbocycles. The molecule has 28 heavy (non-hydrogen) atoms. The number of nitrogens with one attached hydrogen (secondary N) is 1. The van der Waals surface area contributed by atoms with Crippen LogP contribution >= 0.6 is 0 Å². The van der Waals surface area contributed by atoms with Crippen LogP contribution in [0.2, 0.25) is 0 Å². The lowest BCUT2D eigenvalue weighted by molar-refractivity contribution is -0.127. The van der Waals surface area contributed by atoms with Crippen molar-refractivity contribution in [1.82, 2.24) is 5.32 Å². The van der Waals surface area contributed by atoms with Crippen LogP contribution in [0.4, 0.5) is 5.69 Å². The fraction of sp³-hybridized carbons (Fsp3) is 0.350. The van der Waals surface area contributed by atoms with E-state index in [-0.39, 0.29) is 19.0 Å². The molecule has 0 bridgehead atoms. The number of para-hydroxylation sites is 2. The maximum Gasteiger partial charge on any atom is 0.263 e. The first-order valence-electron chi connectivity index (χ1n) is 8.96. The summed E-state index contributed by atoms with van der Waals surface area (Å²) in [4.78, 5) is 12.5. The average molecular weight is 404 g/mol. The van der Waals surface area contributed by atoms with Crippen LogP contribution in [0.15, 0.2) is 42.5 Å². The third kappa shape index (κ3) is 4.75. The molecule has 1 aliphatic rings. The Labute approximate surface area is 165 Å². The average Bonchev–Trinajstić information content (AvgIpc) is 2.62. The Kier molecular flexibility index (Phi) is 5.79. The highest BCUT2D eigenvalue weighted by Crippen LogP contribution is 2.34. The van der Waals surface area contributed by atoms with Gasteiger partial charge in [0.1, 0.15) is 18.1 Å². The van der Waals surface area contributed by atoms with E-state index in [0.717, 1.165) is 23.1 Å². The molecular weight excluding hydrogens is 380 g/mol. The van der Waals surface area contributed by atoms with Crippen molar-refractivity contribution in [2.45, 2.75) is 20.0 Å². The Morgan fingerprint density at radius 3 is 2.57 bits per heavy atom. The number of carbonyl (C=O) groups is 1. The number of sulfonamides is 1. The van der Waals surface area contributed by atoms with Crippen molar-refractivity contribution in [3.05, 3.63) is 53.6 Å². The molecule has 1 amide bonds. The molecule has 1 heterocycles. The predicted molar refractivity (Wildman–Crippen MR) is 107 cm³/mol. The number of fused-ring (bicyclic) bond motifs is 1. The second kappa shape index (κ2) is 8.10. The predicted octanol–water partition coefficient (Wildman–Crippen LogP) is 2.03. The van der Waals surface area contributed by atoms with E-state index in [9.17, 15) is 13.2 Å². The molecule has 2 aromatic rings. The van der Waals surface area contributed by atoms with Gasteiger partial charge in [0, 0.05) is 0 Å². The van der Waals surface area contributed by atoms with Gasteiger partial charge in [-0.3, -0.25) is 9.10 Å². The van der Waals surface area contributed by atoms with Crippen molar-refractivity contribution < 1.29 is 22.7 Å². The van der Waals surface area contributed by atoms with E-state index in [0.29, 0.717) is 18.0 Å². The fourth-order valence-corrected chi connectivity index (χ4v) is 4.04. The number of ether oxygens (including phenoxy) is 2. The van der Waals surface area contributed by atoms with Crippen molar-refractivity contribution in [3.8, 4) is 11.5 Å². The van der Waals surface area contributed by atoms with E-state index in [4.69, 9.17) is 9.47 Å². The van der Waals surface area contributed by atoms with Crippen molar-refractivity contribution in [2.24, 2.45) is 0 Å². The lowest BCUT2D eigenvalue weighted by Gasteiger charge is -2.33. The second-order valence-corrected chi connectivity index (χ2v) is 8.74. The molecular formula is C20H24N2O5S. The summed E-state index contributed by atoms with van der Waals surface area (Å²) in [5.74, 6) is 0.732. The van der Waals surface area contributed by atoms with E-state index in [1.54, 1.807) is 24.3 Å². The summed E-state index contributed by atoms with van der Waals surface area (Å²) in [7, 11) is -3.53. The van der Waals surface area contributed by atoms with Gasteiger partial charge in [-0.05, 0) is 49.2 Å². The molecule has 1 aliphatic heterocycles. The summed E-state index contributed by atoms with van der Waals surface area (Å²) in [6, 6.07) is 12.7. The van der Waals surface area contributed by atoms with E-state index in [2.05, 4.69) is 11.4 Å². The van der Waals surface area contributed by atoms with Gasteiger partial charge >= 0.3 is 0 Å². The highest BCUT2D eigenvalue weighted by atomic mass is 32.2. The molecule has 2 aromatic carbocycles. The molecule has 7 nitrogen and oxygen atoms in total. The quantitative estimate of drug-likeness (QED) is 0.745. The van der Waals surface area contributed by atoms with Crippen LogP contribution in [0.3, 0.4) is 0 Å². The van der Waals surface area contributed by atoms with Crippen LogP contribution in [-0.2, 0) is 14.8 Å². The molecule has 1 atom stereocenters. The largest absolute Gasteiger partial charge is 0.492 e. The van der Waals surface area contributed by atoms with E-state index >= 15 is 0 Å². The minimum absolute atomic E-state index is 0.0698. The molecule has 0 spiro atoms. The number of hydrogen-bond donors (Lipinski definition) is 1. The van der Waals surface area contributed by atoms with Crippen LogP contribution in [0.1, 0.15) is 11.1 Å². The van der Waals surface area contributed by atoms with E-state index in [1.807, 2.05) is 26.0 Å². The molecule has 1 N–H and O–H groups in total. The monoisotopic (exact) mass is 404 g/mol. The minimum Gasteiger partial charge on any atom is -0.492 e. The van der Waals surface area contributed by atoms with Gasteiger partial charge in [0.05, 0.1) is 25.0 Å². The highest BCUT2D eigenvalue weighted by molar-refractivity contribution is 7.92. The van der Waals surface area contributed by atoms with Gasteiger partial charge in [-0.2, -0.15) is 0 Å². The molecule has 150 valence electrons. The zero-order valence-corrected chi connectivity index (χ0v) is 17.0. The van der Waals surface area contributed by atoms with Gasteiger partial charge in [0.2, 0.25) is 10.0 Å². The lowest BCUT2D eigenvalue weighted by Crippen LogP contribution is -2.51. The first kappa shape index (κ1) is 20.0. The number of aryl methyl sites for hydroxylation is 2. The molecule has 0 aromatic heterocycles. The van der Waals surface area contributed by atoms with Crippen molar-refractivity contribution in [2.75, 3.05) is 30.3 Å². The molecule has 8 heteroatoms. The van der Waals surface area contributed by atoms with Crippen molar-refractivity contribution >= 4 is 21.6 Å². The number of nitrogens with zero attached hydrogens (tertiary/aromatic N) is 1. The summed E-state index contributed by atoms with van der Waals surface area (Å²) in [6.45, 7) is 4.50. The third-order valence-corrected chi connectivity index (χ3v) is 5.44. The zero-order valence-electron chi connectivity index (χ0n) is 16.1. The first-order chi connectivity index (χ1) is 13.2. The second-order valence-electron chi connectivity index (χ2n) is 6.83. The smallest absolute Gasteiger partial charge is 0.263 e. The van der Waals surface area contributed by atoms with Gasteiger partial charge in [0.15, 0.2) is 6.10 Å². The lowest BCUT2D eigenvalue weighted by atomic mass is 10.1. The maximum absolute atomic E-state index is 12.5. The number of amides is 1. The van der Waals surface area contributed by atoms with Crippen LogP contribution < -0.4 is 19.1 Å². The molecule has 0 saturated heterocycles. The topological polar surface area (TPSA) is 84.9 Å². The standard InChI is InChI=1S/C20H24N2O5S/c1-14-10-15(2)12-16(11-14)26-9-8-21-20(23)19-13-22(28(3,24)25)17-6-4-5-7-18(17)27-19/h4-7,10-12,19H,8-9,13H2,1-3H3,(H,21,23). The first-order valence-corrected chi connectivity index (χ1v) is 10.8. The summed E-state index contributed by atoms with van der Waals surface area (Å²) >= 11 is 0. The maximum atomic E-state index is 12.5. The molecule has 3 rings (SSSR count).